The lowest BCUT2D eigenvalue weighted by Crippen LogP contribution is -2.31. The number of carbonyl (C=O) groups is 1. The van der Waals surface area contributed by atoms with Gasteiger partial charge in [0.2, 0.25) is 0 Å². The van der Waals surface area contributed by atoms with E-state index in [2.05, 4.69) is 15.6 Å². The van der Waals surface area contributed by atoms with Crippen molar-refractivity contribution in [2.75, 3.05) is 13.2 Å². The predicted molar refractivity (Wildman–Crippen MR) is 103 cm³/mol. The number of carbonyl (C=O) groups excluding carboxylic acids is 1. The molecule has 1 amide bonds. The Bertz CT molecular complexity index is 742. The van der Waals surface area contributed by atoms with Crippen LogP contribution >= 0.6 is 24.8 Å². The standard InChI is InChI=1S/C18H20FN3O2.2ClH/c1-12-17(16-6-7-20-8-13(16)9-21-12)10-22-18(23)11-24-15-4-2-14(19)3-5-15;;/h2-5,9,20H,6-8,10-11H2,1H3,(H,22,23);2*1H. The van der Waals surface area contributed by atoms with Crippen LogP contribution in [0.5, 0.6) is 5.75 Å². The number of fused-ring (bicyclic) bond motifs is 1. The number of rotatable bonds is 5. The van der Waals surface area contributed by atoms with Crippen LogP contribution in [-0.4, -0.2) is 24.0 Å². The Balaban J connectivity index is 0.00000169. The van der Waals surface area contributed by atoms with E-state index in [4.69, 9.17) is 4.74 Å². The highest BCUT2D eigenvalue weighted by Gasteiger charge is 2.16. The van der Waals surface area contributed by atoms with Crippen molar-refractivity contribution < 1.29 is 13.9 Å². The number of benzene rings is 1. The second-order valence-corrected chi connectivity index (χ2v) is 5.77. The molecular weight excluding hydrogens is 380 g/mol. The summed E-state index contributed by atoms with van der Waals surface area (Å²) in [5.41, 5.74) is 4.50. The lowest BCUT2D eigenvalue weighted by Gasteiger charge is -2.21. The van der Waals surface area contributed by atoms with Crippen LogP contribution in [0.25, 0.3) is 0 Å². The predicted octanol–water partition coefficient (Wildman–Crippen LogP) is 2.71. The minimum Gasteiger partial charge on any atom is -0.484 e. The van der Waals surface area contributed by atoms with Crippen molar-refractivity contribution in [3.05, 3.63) is 58.7 Å². The van der Waals surface area contributed by atoms with Crippen LogP contribution in [0.3, 0.4) is 0 Å². The molecule has 8 heteroatoms. The van der Waals surface area contributed by atoms with Crippen molar-refractivity contribution in [2.45, 2.75) is 26.4 Å². The number of amides is 1. The van der Waals surface area contributed by atoms with Gasteiger partial charge in [-0.05, 0) is 60.8 Å². The number of hydrogen-bond donors (Lipinski definition) is 2. The molecule has 0 bridgehead atoms. The van der Waals surface area contributed by atoms with E-state index in [9.17, 15) is 9.18 Å². The first-order chi connectivity index (χ1) is 11.6. The summed E-state index contributed by atoms with van der Waals surface area (Å²) in [6, 6.07) is 5.59. The van der Waals surface area contributed by atoms with Crippen LogP contribution in [0.4, 0.5) is 4.39 Å². The molecule has 0 saturated heterocycles. The van der Waals surface area contributed by atoms with Crippen molar-refractivity contribution in [2.24, 2.45) is 0 Å². The molecule has 0 fully saturated rings. The Morgan fingerprint density at radius 2 is 2.04 bits per heavy atom. The van der Waals surface area contributed by atoms with Crippen molar-refractivity contribution >= 4 is 30.7 Å². The molecule has 2 heterocycles. The van der Waals surface area contributed by atoms with Gasteiger partial charge in [-0.3, -0.25) is 9.78 Å². The van der Waals surface area contributed by atoms with Crippen LogP contribution in [0.2, 0.25) is 0 Å². The lowest BCUT2D eigenvalue weighted by atomic mass is 9.96. The van der Waals surface area contributed by atoms with Crippen LogP contribution in [0.1, 0.15) is 22.4 Å². The largest absolute Gasteiger partial charge is 0.484 e. The molecule has 26 heavy (non-hydrogen) atoms. The van der Waals surface area contributed by atoms with Gasteiger partial charge >= 0.3 is 0 Å². The number of aryl methyl sites for hydroxylation is 1. The summed E-state index contributed by atoms with van der Waals surface area (Å²) in [5, 5.41) is 6.19. The second-order valence-electron chi connectivity index (χ2n) is 5.77. The molecule has 0 radical (unpaired) electrons. The molecule has 1 aromatic heterocycles. The molecule has 3 rings (SSSR count). The number of nitrogens with zero attached hydrogens (tertiary/aromatic N) is 1. The molecule has 0 saturated carbocycles. The fraction of sp³-hybridized carbons (Fsp3) is 0.333. The maximum atomic E-state index is 12.8. The van der Waals surface area contributed by atoms with Gasteiger partial charge in [0.25, 0.3) is 5.91 Å². The molecule has 2 N–H and O–H groups in total. The first-order valence-electron chi connectivity index (χ1n) is 7.95. The number of aromatic nitrogens is 1. The summed E-state index contributed by atoms with van der Waals surface area (Å²) < 4.78 is 18.2. The van der Waals surface area contributed by atoms with E-state index in [-0.39, 0.29) is 43.1 Å². The highest BCUT2D eigenvalue weighted by molar-refractivity contribution is 5.85. The summed E-state index contributed by atoms with van der Waals surface area (Å²) in [5.74, 6) is -0.0871. The topological polar surface area (TPSA) is 63.2 Å². The number of hydrogen-bond acceptors (Lipinski definition) is 4. The Morgan fingerprint density at radius 1 is 1.31 bits per heavy atom. The first-order valence-corrected chi connectivity index (χ1v) is 7.95. The number of halogens is 3. The van der Waals surface area contributed by atoms with Crippen molar-refractivity contribution in [3.63, 3.8) is 0 Å². The smallest absolute Gasteiger partial charge is 0.258 e. The van der Waals surface area contributed by atoms with Gasteiger partial charge in [-0.2, -0.15) is 0 Å². The summed E-state index contributed by atoms with van der Waals surface area (Å²) in [6.45, 7) is 4.05. The Labute approximate surface area is 164 Å². The first kappa shape index (κ1) is 22.2. The fourth-order valence-electron chi connectivity index (χ4n) is 2.80. The van der Waals surface area contributed by atoms with Gasteiger partial charge in [-0.25, -0.2) is 4.39 Å². The fourth-order valence-corrected chi connectivity index (χ4v) is 2.80. The summed E-state index contributed by atoms with van der Waals surface area (Å²) in [4.78, 5) is 16.4. The number of pyridine rings is 1. The molecule has 1 aliphatic rings. The van der Waals surface area contributed by atoms with E-state index >= 15 is 0 Å². The normalized spacial score (nSPS) is 12.2. The van der Waals surface area contributed by atoms with Crippen molar-refractivity contribution in [3.8, 4) is 5.75 Å². The van der Waals surface area contributed by atoms with Crippen molar-refractivity contribution in [1.29, 1.82) is 0 Å². The monoisotopic (exact) mass is 401 g/mol. The Kier molecular flexibility index (Phi) is 8.78. The van der Waals surface area contributed by atoms with E-state index in [1.54, 1.807) is 0 Å². The molecule has 0 aliphatic carbocycles. The highest BCUT2D eigenvalue weighted by atomic mass is 35.5. The molecule has 5 nitrogen and oxygen atoms in total. The lowest BCUT2D eigenvalue weighted by molar-refractivity contribution is -0.123. The molecule has 2 aromatic rings. The van der Waals surface area contributed by atoms with Gasteiger partial charge in [0.05, 0.1) is 0 Å². The molecule has 1 aliphatic heterocycles. The average molecular weight is 402 g/mol. The third-order valence-corrected chi connectivity index (χ3v) is 4.12. The van der Waals surface area contributed by atoms with E-state index in [0.717, 1.165) is 30.8 Å². The minimum atomic E-state index is -0.335. The van der Waals surface area contributed by atoms with Crippen LogP contribution in [0.15, 0.2) is 30.5 Å². The van der Waals surface area contributed by atoms with E-state index in [1.165, 1.54) is 35.4 Å². The van der Waals surface area contributed by atoms with Crippen molar-refractivity contribution in [1.82, 2.24) is 15.6 Å². The second kappa shape index (κ2) is 10.3. The van der Waals surface area contributed by atoms with Gasteiger partial charge in [-0.1, -0.05) is 0 Å². The molecule has 1 aromatic carbocycles. The molecular formula is C18H22Cl2FN3O2. The maximum absolute atomic E-state index is 12.8. The zero-order valence-electron chi connectivity index (χ0n) is 14.4. The molecule has 0 unspecified atom stereocenters. The Hall–Kier alpha value is -1.89. The number of ether oxygens (including phenoxy) is 1. The average Bonchev–Trinajstić information content (AvgIpc) is 2.60. The van der Waals surface area contributed by atoms with Crippen LogP contribution in [0, 0.1) is 12.7 Å². The number of nitrogens with one attached hydrogen (secondary N) is 2. The third kappa shape index (κ3) is 5.56. The zero-order chi connectivity index (χ0) is 16.9. The van der Waals surface area contributed by atoms with E-state index in [0.29, 0.717) is 12.3 Å². The van der Waals surface area contributed by atoms with E-state index < -0.39 is 0 Å². The minimum absolute atomic E-state index is 0. The van der Waals surface area contributed by atoms with Crippen LogP contribution < -0.4 is 15.4 Å². The van der Waals surface area contributed by atoms with E-state index in [1.807, 2.05) is 13.1 Å². The highest BCUT2D eigenvalue weighted by Crippen LogP contribution is 2.20. The Morgan fingerprint density at radius 3 is 2.77 bits per heavy atom. The third-order valence-electron chi connectivity index (χ3n) is 4.12. The molecule has 0 atom stereocenters. The maximum Gasteiger partial charge on any atom is 0.258 e. The molecule has 142 valence electrons. The zero-order valence-corrected chi connectivity index (χ0v) is 16.0. The SMILES string of the molecule is Cc1ncc2c(c1CNC(=O)COc1ccc(F)cc1)CCNC2.Cl.Cl. The van der Waals surface area contributed by atoms with Crippen LogP contribution in [-0.2, 0) is 24.3 Å². The summed E-state index contributed by atoms with van der Waals surface area (Å²) in [7, 11) is 0. The van der Waals surface area contributed by atoms with Gasteiger partial charge in [0.15, 0.2) is 6.61 Å². The quantitative estimate of drug-likeness (QED) is 0.808. The summed E-state index contributed by atoms with van der Waals surface area (Å²) >= 11 is 0. The van der Waals surface area contributed by atoms with Gasteiger partial charge in [-0.15, -0.1) is 24.8 Å². The van der Waals surface area contributed by atoms with Gasteiger partial charge in [0, 0.05) is 25.0 Å². The van der Waals surface area contributed by atoms with Gasteiger partial charge in [0.1, 0.15) is 11.6 Å². The summed E-state index contributed by atoms with van der Waals surface area (Å²) in [6.07, 6.45) is 2.84. The molecule has 0 spiro atoms. The van der Waals surface area contributed by atoms with Gasteiger partial charge < -0.3 is 15.4 Å².